The molecular formula is C22H24F3N5O. The van der Waals surface area contributed by atoms with Gasteiger partial charge < -0.3 is 9.64 Å². The van der Waals surface area contributed by atoms with Crippen LogP contribution in [0.4, 0.5) is 19.0 Å². The number of hydrogen-bond donors (Lipinski definition) is 1. The van der Waals surface area contributed by atoms with Gasteiger partial charge in [-0.2, -0.15) is 18.3 Å². The molecule has 1 N–H and O–H groups in total. The molecule has 1 aromatic carbocycles. The Labute approximate surface area is 178 Å². The number of hydrogen-bond acceptors (Lipinski definition) is 5. The fraction of sp³-hybridized carbons (Fsp3) is 0.409. The predicted molar refractivity (Wildman–Crippen MR) is 110 cm³/mol. The lowest BCUT2D eigenvalue weighted by molar-refractivity contribution is -0.137. The van der Waals surface area contributed by atoms with Gasteiger partial charge in [-0.25, -0.2) is 9.97 Å². The maximum absolute atomic E-state index is 12.8. The molecule has 1 aliphatic rings. The molecule has 0 radical (unpaired) electrons. The molecule has 2 aromatic heterocycles. The number of anilines is 1. The minimum atomic E-state index is -4.38. The Morgan fingerprint density at radius 1 is 1.16 bits per heavy atom. The smallest absolute Gasteiger partial charge is 0.416 e. The van der Waals surface area contributed by atoms with Crippen molar-refractivity contribution in [3.63, 3.8) is 0 Å². The molecule has 0 bridgehead atoms. The van der Waals surface area contributed by atoms with Gasteiger partial charge in [-0.05, 0) is 44.5 Å². The van der Waals surface area contributed by atoms with E-state index in [4.69, 9.17) is 4.74 Å². The Hall–Kier alpha value is -3.10. The molecule has 9 heteroatoms. The summed E-state index contributed by atoms with van der Waals surface area (Å²) in [6.45, 7) is 5.86. The van der Waals surface area contributed by atoms with E-state index >= 15 is 0 Å². The van der Waals surface area contributed by atoms with E-state index in [0.717, 1.165) is 60.4 Å². The lowest BCUT2D eigenvalue weighted by atomic mass is 10.0. The second-order valence-corrected chi connectivity index (χ2v) is 7.79. The first kappa shape index (κ1) is 21.1. The first-order valence-electron chi connectivity index (χ1n) is 10.2. The standard InChI is InChI=1S/C22H24F3N5O/c1-14-10-21(27-15(2)26-14)30-8-6-16(13-30)20-12-18(28-29-20)7-9-31-19-5-3-4-17(11-19)22(23,24)25/h3-5,10-12,16H,6-9,13H2,1-2H3,(H,28,29). The molecule has 0 spiro atoms. The molecule has 6 nitrogen and oxygen atoms in total. The van der Waals surface area contributed by atoms with Crippen LogP contribution >= 0.6 is 0 Å². The average Bonchev–Trinajstić information content (AvgIpc) is 3.36. The molecule has 1 saturated heterocycles. The number of benzene rings is 1. The van der Waals surface area contributed by atoms with Crippen molar-refractivity contribution in [2.24, 2.45) is 0 Å². The summed E-state index contributed by atoms with van der Waals surface area (Å²) in [7, 11) is 0. The van der Waals surface area contributed by atoms with Crippen LogP contribution in [-0.2, 0) is 12.6 Å². The Balaban J connectivity index is 1.32. The highest BCUT2D eigenvalue weighted by Gasteiger charge is 2.30. The number of halogens is 3. The average molecular weight is 431 g/mol. The van der Waals surface area contributed by atoms with Crippen LogP contribution < -0.4 is 9.64 Å². The van der Waals surface area contributed by atoms with Crippen molar-refractivity contribution < 1.29 is 17.9 Å². The molecule has 3 heterocycles. The molecule has 4 rings (SSSR count). The monoisotopic (exact) mass is 431 g/mol. The van der Waals surface area contributed by atoms with E-state index in [0.29, 0.717) is 12.3 Å². The molecule has 31 heavy (non-hydrogen) atoms. The highest BCUT2D eigenvalue weighted by molar-refractivity contribution is 5.42. The maximum Gasteiger partial charge on any atom is 0.416 e. The van der Waals surface area contributed by atoms with Crippen LogP contribution in [0.2, 0.25) is 0 Å². The SMILES string of the molecule is Cc1cc(N2CCC(c3cc(CCOc4cccc(C(F)(F)F)c4)[nH]n3)C2)nc(C)n1. The molecule has 0 aliphatic carbocycles. The summed E-state index contributed by atoms with van der Waals surface area (Å²) in [5, 5.41) is 7.47. The Kier molecular flexibility index (Phi) is 5.84. The lowest BCUT2D eigenvalue weighted by Crippen LogP contribution is -2.21. The van der Waals surface area contributed by atoms with E-state index in [1.165, 1.54) is 12.1 Å². The van der Waals surface area contributed by atoms with Crippen LogP contribution in [0.15, 0.2) is 36.4 Å². The number of ether oxygens (including phenoxy) is 1. The predicted octanol–water partition coefficient (Wildman–Crippen LogP) is 4.45. The minimum Gasteiger partial charge on any atom is -0.493 e. The number of aromatic amines is 1. The molecule has 0 saturated carbocycles. The number of H-pyrrole nitrogens is 1. The molecule has 1 aliphatic heterocycles. The van der Waals surface area contributed by atoms with E-state index < -0.39 is 11.7 Å². The number of aromatic nitrogens is 4. The zero-order chi connectivity index (χ0) is 22.0. The summed E-state index contributed by atoms with van der Waals surface area (Å²) in [5.74, 6) is 2.21. The molecule has 0 amide bonds. The van der Waals surface area contributed by atoms with Crippen molar-refractivity contribution in [1.29, 1.82) is 0 Å². The van der Waals surface area contributed by atoms with Crippen molar-refractivity contribution in [2.75, 3.05) is 24.6 Å². The third-order valence-corrected chi connectivity index (χ3v) is 5.34. The summed E-state index contributed by atoms with van der Waals surface area (Å²) in [6.07, 6.45) is -2.87. The van der Waals surface area contributed by atoms with Gasteiger partial charge in [-0.3, -0.25) is 5.10 Å². The third-order valence-electron chi connectivity index (χ3n) is 5.34. The van der Waals surface area contributed by atoms with Gasteiger partial charge in [0.25, 0.3) is 0 Å². The van der Waals surface area contributed by atoms with E-state index in [9.17, 15) is 13.2 Å². The molecule has 1 unspecified atom stereocenters. The molecule has 164 valence electrons. The summed E-state index contributed by atoms with van der Waals surface area (Å²) in [4.78, 5) is 11.1. The van der Waals surface area contributed by atoms with Crippen molar-refractivity contribution in [3.05, 3.63) is 64.9 Å². The van der Waals surface area contributed by atoms with E-state index in [2.05, 4.69) is 25.1 Å². The number of alkyl halides is 3. The van der Waals surface area contributed by atoms with Gasteiger partial charge in [0.2, 0.25) is 0 Å². The van der Waals surface area contributed by atoms with Crippen LogP contribution in [-0.4, -0.2) is 39.9 Å². The number of nitrogens with zero attached hydrogens (tertiary/aromatic N) is 4. The van der Waals surface area contributed by atoms with Crippen LogP contribution in [0.1, 0.15) is 40.8 Å². The van der Waals surface area contributed by atoms with E-state index in [1.54, 1.807) is 0 Å². The fourth-order valence-corrected chi connectivity index (χ4v) is 3.83. The summed E-state index contributed by atoms with van der Waals surface area (Å²) in [6, 6.07) is 8.93. The van der Waals surface area contributed by atoms with Crippen LogP contribution in [0.25, 0.3) is 0 Å². The second kappa shape index (κ2) is 8.56. The van der Waals surface area contributed by atoms with Crippen molar-refractivity contribution in [2.45, 2.75) is 38.8 Å². The maximum atomic E-state index is 12.8. The number of nitrogens with one attached hydrogen (secondary N) is 1. The quantitative estimate of drug-likeness (QED) is 0.625. The van der Waals surface area contributed by atoms with E-state index in [-0.39, 0.29) is 12.4 Å². The van der Waals surface area contributed by atoms with Crippen LogP contribution in [0, 0.1) is 13.8 Å². The van der Waals surface area contributed by atoms with E-state index in [1.807, 2.05) is 26.0 Å². The van der Waals surface area contributed by atoms with Crippen molar-refractivity contribution >= 4 is 5.82 Å². The van der Waals surface area contributed by atoms with Gasteiger partial charge in [-0.15, -0.1) is 0 Å². The van der Waals surface area contributed by atoms with Gasteiger partial charge in [0.1, 0.15) is 17.4 Å². The van der Waals surface area contributed by atoms with Gasteiger partial charge in [0.05, 0.1) is 17.9 Å². The molecule has 3 aromatic rings. The normalized spacial score (nSPS) is 16.7. The fourth-order valence-electron chi connectivity index (χ4n) is 3.83. The summed E-state index contributed by atoms with van der Waals surface area (Å²) >= 11 is 0. The Bertz CT molecular complexity index is 1030. The third kappa shape index (κ3) is 5.15. The van der Waals surface area contributed by atoms with Gasteiger partial charge in [0, 0.05) is 42.9 Å². The zero-order valence-corrected chi connectivity index (χ0v) is 17.4. The molecule has 1 fully saturated rings. The summed E-state index contributed by atoms with van der Waals surface area (Å²) < 4.78 is 43.9. The van der Waals surface area contributed by atoms with Gasteiger partial charge >= 0.3 is 6.18 Å². The lowest BCUT2D eigenvalue weighted by Gasteiger charge is -2.17. The highest BCUT2D eigenvalue weighted by Crippen LogP contribution is 2.32. The van der Waals surface area contributed by atoms with Gasteiger partial charge in [-0.1, -0.05) is 6.07 Å². The topological polar surface area (TPSA) is 66.9 Å². The van der Waals surface area contributed by atoms with Crippen molar-refractivity contribution in [3.8, 4) is 5.75 Å². The van der Waals surface area contributed by atoms with Crippen molar-refractivity contribution in [1.82, 2.24) is 20.2 Å². The highest BCUT2D eigenvalue weighted by atomic mass is 19.4. The van der Waals surface area contributed by atoms with Crippen LogP contribution in [0.3, 0.4) is 0 Å². The number of rotatable bonds is 6. The largest absolute Gasteiger partial charge is 0.493 e. The summed E-state index contributed by atoms with van der Waals surface area (Å²) in [5.41, 5.74) is 2.12. The Morgan fingerprint density at radius 2 is 2.00 bits per heavy atom. The second-order valence-electron chi connectivity index (χ2n) is 7.79. The minimum absolute atomic E-state index is 0.205. The zero-order valence-electron chi connectivity index (χ0n) is 17.4. The molecular weight excluding hydrogens is 407 g/mol. The molecule has 1 atom stereocenters. The first-order valence-corrected chi connectivity index (χ1v) is 10.2. The number of aryl methyl sites for hydroxylation is 2. The van der Waals surface area contributed by atoms with Crippen LogP contribution in [0.5, 0.6) is 5.75 Å². The van der Waals surface area contributed by atoms with Gasteiger partial charge in [0.15, 0.2) is 0 Å². The first-order chi connectivity index (χ1) is 14.8. The Morgan fingerprint density at radius 3 is 2.77 bits per heavy atom.